The quantitative estimate of drug-likeness (QED) is 0.756. The molecule has 102 valence electrons. The molecule has 7 heteroatoms. The highest BCUT2D eigenvalue weighted by molar-refractivity contribution is 6.33. The van der Waals surface area contributed by atoms with Crippen molar-refractivity contribution in [2.24, 2.45) is 0 Å². The predicted molar refractivity (Wildman–Crippen MR) is 77.9 cm³/mol. The second-order valence-electron chi connectivity index (χ2n) is 4.20. The van der Waals surface area contributed by atoms with Gasteiger partial charge in [0.2, 0.25) is 5.28 Å². The molecule has 0 aliphatic heterocycles. The minimum absolute atomic E-state index is 0.0514. The summed E-state index contributed by atoms with van der Waals surface area (Å²) in [5.41, 5.74) is 3.15. The molecular formula is C13H10Cl2N4O. The number of halogens is 2. The molecule has 0 bridgehead atoms. The number of aliphatic hydroxyl groups is 1. The van der Waals surface area contributed by atoms with Crippen LogP contribution in [0.1, 0.15) is 0 Å². The molecule has 0 atom stereocenters. The maximum atomic E-state index is 9.06. The van der Waals surface area contributed by atoms with Crippen molar-refractivity contribution < 1.29 is 5.11 Å². The summed E-state index contributed by atoms with van der Waals surface area (Å²) >= 11 is 11.9. The molecule has 20 heavy (non-hydrogen) atoms. The first-order valence-electron chi connectivity index (χ1n) is 5.93. The Hall–Kier alpha value is -1.69. The van der Waals surface area contributed by atoms with Gasteiger partial charge in [0.05, 0.1) is 40.9 Å². The number of imidazole rings is 1. The number of benzene rings is 1. The van der Waals surface area contributed by atoms with Gasteiger partial charge in [-0.15, -0.1) is 0 Å². The number of nitrogens with zero attached hydrogens (tertiary/aromatic N) is 4. The molecule has 0 aliphatic carbocycles. The number of fused-ring (bicyclic) bond motifs is 1. The van der Waals surface area contributed by atoms with E-state index in [1.165, 1.54) is 6.20 Å². The van der Waals surface area contributed by atoms with E-state index in [2.05, 4.69) is 15.0 Å². The van der Waals surface area contributed by atoms with E-state index >= 15 is 0 Å². The molecule has 0 unspecified atom stereocenters. The zero-order chi connectivity index (χ0) is 14.1. The molecule has 3 rings (SSSR count). The van der Waals surface area contributed by atoms with Crippen LogP contribution in [0.4, 0.5) is 0 Å². The summed E-state index contributed by atoms with van der Waals surface area (Å²) in [6.45, 7) is 0.536. The number of hydrogen-bond acceptors (Lipinski definition) is 4. The number of aliphatic hydroxyl groups excluding tert-OH is 1. The third-order valence-corrected chi connectivity index (χ3v) is 3.41. The van der Waals surface area contributed by atoms with E-state index in [9.17, 15) is 0 Å². The topological polar surface area (TPSA) is 63.8 Å². The lowest BCUT2D eigenvalue weighted by atomic mass is 10.1. The summed E-state index contributed by atoms with van der Waals surface area (Å²) in [7, 11) is 0. The fourth-order valence-corrected chi connectivity index (χ4v) is 2.37. The summed E-state index contributed by atoms with van der Waals surface area (Å²) < 4.78 is 1.87. The number of rotatable bonds is 3. The van der Waals surface area contributed by atoms with Crippen LogP contribution in [0.15, 0.2) is 30.7 Å². The molecule has 0 saturated heterocycles. The molecule has 0 spiro atoms. The zero-order valence-electron chi connectivity index (χ0n) is 10.3. The van der Waals surface area contributed by atoms with Gasteiger partial charge in [-0.05, 0) is 23.7 Å². The average molecular weight is 309 g/mol. The Labute approximate surface area is 124 Å². The molecular weight excluding hydrogens is 299 g/mol. The van der Waals surface area contributed by atoms with E-state index in [0.717, 1.165) is 16.6 Å². The Morgan fingerprint density at radius 2 is 2.05 bits per heavy atom. The van der Waals surface area contributed by atoms with Crippen molar-refractivity contribution in [2.75, 3.05) is 6.61 Å². The molecule has 3 aromatic rings. The first-order chi connectivity index (χ1) is 9.69. The van der Waals surface area contributed by atoms with Crippen LogP contribution in [0.2, 0.25) is 10.3 Å². The normalized spacial score (nSPS) is 11.2. The Morgan fingerprint density at radius 1 is 1.20 bits per heavy atom. The van der Waals surface area contributed by atoms with Crippen LogP contribution >= 0.6 is 23.2 Å². The summed E-state index contributed by atoms with van der Waals surface area (Å²) in [6, 6.07) is 5.68. The van der Waals surface area contributed by atoms with Gasteiger partial charge in [0.1, 0.15) is 0 Å². The standard InChI is InChI=1S/C13H10Cl2N4O/c14-9-6-16-13(15)18-12(9)8-1-2-10-11(5-8)19(3-4-20)7-17-10/h1-2,5-7,20H,3-4H2. The van der Waals surface area contributed by atoms with E-state index < -0.39 is 0 Å². The SMILES string of the molecule is OCCn1cnc2ccc(-c3nc(Cl)ncc3Cl)cc21. The van der Waals surface area contributed by atoms with Gasteiger partial charge >= 0.3 is 0 Å². The van der Waals surface area contributed by atoms with E-state index in [0.29, 0.717) is 17.3 Å². The van der Waals surface area contributed by atoms with Gasteiger partial charge in [-0.3, -0.25) is 0 Å². The van der Waals surface area contributed by atoms with Crippen molar-refractivity contribution >= 4 is 34.2 Å². The fraction of sp³-hybridized carbons (Fsp3) is 0.154. The molecule has 0 radical (unpaired) electrons. The Kier molecular flexibility index (Phi) is 3.56. The minimum atomic E-state index is 0.0514. The van der Waals surface area contributed by atoms with Crippen molar-refractivity contribution in [3.63, 3.8) is 0 Å². The summed E-state index contributed by atoms with van der Waals surface area (Å²) in [6.07, 6.45) is 3.17. The van der Waals surface area contributed by atoms with Crippen molar-refractivity contribution in [1.29, 1.82) is 0 Å². The highest BCUT2D eigenvalue weighted by Gasteiger charge is 2.10. The zero-order valence-corrected chi connectivity index (χ0v) is 11.8. The maximum absolute atomic E-state index is 9.06. The summed E-state index contributed by atoms with van der Waals surface area (Å²) in [4.78, 5) is 12.3. The van der Waals surface area contributed by atoms with Crippen molar-refractivity contribution in [1.82, 2.24) is 19.5 Å². The largest absolute Gasteiger partial charge is 0.395 e. The number of hydrogen-bond donors (Lipinski definition) is 1. The second-order valence-corrected chi connectivity index (χ2v) is 4.95. The molecule has 2 heterocycles. The van der Waals surface area contributed by atoms with E-state index in [-0.39, 0.29) is 11.9 Å². The first kappa shape index (κ1) is 13.3. The van der Waals surface area contributed by atoms with Crippen LogP contribution in [0, 0.1) is 0 Å². The minimum Gasteiger partial charge on any atom is -0.395 e. The van der Waals surface area contributed by atoms with Gasteiger partial charge in [0.15, 0.2) is 0 Å². The second kappa shape index (κ2) is 5.36. The highest BCUT2D eigenvalue weighted by Crippen LogP contribution is 2.28. The van der Waals surface area contributed by atoms with Gasteiger partial charge < -0.3 is 9.67 Å². The average Bonchev–Trinajstić information content (AvgIpc) is 2.84. The van der Waals surface area contributed by atoms with Crippen LogP contribution < -0.4 is 0 Å². The molecule has 1 N–H and O–H groups in total. The Bertz CT molecular complexity index is 772. The Balaban J connectivity index is 2.16. The van der Waals surface area contributed by atoms with Gasteiger partial charge in [-0.1, -0.05) is 17.7 Å². The van der Waals surface area contributed by atoms with Gasteiger partial charge in [-0.2, -0.15) is 0 Å². The third kappa shape index (κ3) is 2.35. The predicted octanol–water partition coefficient (Wildman–Crippen LogP) is 2.79. The molecule has 0 fully saturated rings. The smallest absolute Gasteiger partial charge is 0.222 e. The van der Waals surface area contributed by atoms with Crippen LogP contribution in [0.3, 0.4) is 0 Å². The molecule has 5 nitrogen and oxygen atoms in total. The maximum Gasteiger partial charge on any atom is 0.222 e. The monoisotopic (exact) mass is 308 g/mol. The molecule has 0 aliphatic rings. The molecule has 1 aromatic carbocycles. The van der Waals surface area contributed by atoms with Crippen LogP contribution in [-0.4, -0.2) is 31.2 Å². The Morgan fingerprint density at radius 3 is 2.85 bits per heavy atom. The number of aromatic nitrogens is 4. The first-order valence-corrected chi connectivity index (χ1v) is 6.69. The van der Waals surface area contributed by atoms with Crippen LogP contribution in [0.5, 0.6) is 0 Å². The van der Waals surface area contributed by atoms with E-state index in [1.54, 1.807) is 6.33 Å². The fourth-order valence-electron chi connectivity index (χ4n) is 2.04. The van der Waals surface area contributed by atoms with Crippen molar-refractivity contribution in [2.45, 2.75) is 6.54 Å². The third-order valence-electron chi connectivity index (χ3n) is 2.95. The van der Waals surface area contributed by atoms with Crippen molar-refractivity contribution in [3.05, 3.63) is 41.0 Å². The van der Waals surface area contributed by atoms with Gasteiger partial charge in [0.25, 0.3) is 0 Å². The van der Waals surface area contributed by atoms with Crippen molar-refractivity contribution in [3.8, 4) is 11.3 Å². The van der Waals surface area contributed by atoms with E-state index in [4.69, 9.17) is 28.3 Å². The molecule has 2 aromatic heterocycles. The van der Waals surface area contributed by atoms with E-state index in [1.807, 2.05) is 22.8 Å². The van der Waals surface area contributed by atoms with Crippen LogP contribution in [0.25, 0.3) is 22.3 Å². The molecule has 0 amide bonds. The van der Waals surface area contributed by atoms with Crippen LogP contribution in [-0.2, 0) is 6.54 Å². The van der Waals surface area contributed by atoms with Gasteiger partial charge in [-0.25, -0.2) is 15.0 Å². The lowest BCUT2D eigenvalue weighted by Gasteiger charge is -2.05. The summed E-state index contributed by atoms with van der Waals surface area (Å²) in [5, 5.41) is 9.64. The summed E-state index contributed by atoms with van der Waals surface area (Å²) in [5.74, 6) is 0. The lowest BCUT2D eigenvalue weighted by Crippen LogP contribution is -2.00. The highest BCUT2D eigenvalue weighted by atomic mass is 35.5. The lowest BCUT2D eigenvalue weighted by molar-refractivity contribution is 0.278. The molecule has 0 saturated carbocycles. The van der Waals surface area contributed by atoms with Gasteiger partial charge in [0, 0.05) is 12.1 Å².